The Labute approximate surface area is 156 Å². The minimum absolute atomic E-state index is 0.159. The van der Waals surface area contributed by atoms with Crippen LogP contribution >= 0.6 is 11.6 Å². The number of carbonyl (C=O) groups excluding carboxylic acids is 1. The van der Waals surface area contributed by atoms with Gasteiger partial charge in [-0.2, -0.15) is 12.7 Å². The fraction of sp³-hybridized carbons (Fsp3) is 0.438. The van der Waals surface area contributed by atoms with Crippen molar-refractivity contribution in [3.63, 3.8) is 0 Å². The van der Waals surface area contributed by atoms with Crippen LogP contribution in [0.25, 0.3) is 10.9 Å². The van der Waals surface area contributed by atoms with E-state index in [9.17, 15) is 13.2 Å². The summed E-state index contributed by atoms with van der Waals surface area (Å²) in [7, 11) is -3.35. The molecule has 1 aromatic carbocycles. The van der Waals surface area contributed by atoms with E-state index >= 15 is 0 Å². The summed E-state index contributed by atoms with van der Waals surface area (Å²) < 4.78 is 29.6. The van der Waals surface area contributed by atoms with Gasteiger partial charge < -0.3 is 14.8 Å². The highest BCUT2D eigenvalue weighted by atomic mass is 35.5. The second kappa shape index (κ2) is 6.73. The van der Waals surface area contributed by atoms with Crippen LogP contribution in [0.1, 0.15) is 0 Å². The summed E-state index contributed by atoms with van der Waals surface area (Å²) in [6.45, 7) is 2.63. The number of nitrogens with zero attached hydrogens (tertiary/aromatic N) is 3. The number of rotatable bonds is 3. The molecule has 1 aromatic heterocycles. The van der Waals surface area contributed by atoms with Gasteiger partial charge in [0.15, 0.2) is 0 Å². The number of hydrogen-bond donors (Lipinski definition) is 2. The second-order valence-electron chi connectivity index (χ2n) is 6.51. The van der Waals surface area contributed by atoms with Crippen molar-refractivity contribution in [3.05, 3.63) is 35.5 Å². The van der Waals surface area contributed by atoms with Gasteiger partial charge in [0.25, 0.3) is 10.2 Å². The molecule has 0 radical (unpaired) electrons. The number of piperazine rings is 1. The van der Waals surface area contributed by atoms with E-state index in [1.165, 1.54) is 4.31 Å². The largest absolute Gasteiger partial charge is 0.346 e. The van der Waals surface area contributed by atoms with Crippen LogP contribution in [0, 0.1) is 0 Å². The van der Waals surface area contributed by atoms with Gasteiger partial charge in [0.05, 0.1) is 6.04 Å². The van der Waals surface area contributed by atoms with Crippen molar-refractivity contribution in [1.82, 2.24) is 23.8 Å². The van der Waals surface area contributed by atoms with Crippen LogP contribution in [-0.2, 0) is 16.8 Å². The highest BCUT2D eigenvalue weighted by Gasteiger charge is 2.41. The van der Waals surface area contributed by atoms with Crippen LogP contribution in [0.3, 0.4) is 0 Å². The lowest BCUT2D eigenvalue weighted by molar-refractivity contribution is 0.151. The zero-order chi connectivity index (χ0) is 18.3. The summed E-state index contributed by atoms with van der Waals surface area (Å²) in [5.74, 6) is 0. The Morgan fingerprint density at radius 1 is 1.31 bits per heavy atom. The number of benzene rings is 1. The average molecular weight is 398 g/mol. The number of aromatic nitrogens is 1. The summed E-state index contributed by atoms with van der Waals surface area (Å²) in [5, 5.41) is 4.68. The first-order chi connectivity index (χ1) is 12.4. The van der Waals surface area contributed by atoms with E-state index in [0.717, 1.165) is 10.9 Å². The molecule has 2 aliphatic rings. The molecule has 26 heavy (non-hydrogen) atoms. The van der Waals surface area contributed by atoms with Crippen LogP contribution < -0.4 is 10.0 Å². The highest BCUT2D eigenvalue weighted by molar-refractivity contribution is 7.87. The molecule has 3 heterocycles. The van der Waals surface area contributed by atoms with Gasteiger partial charge in [0, 0.05) is 61.4 Å². The molecule has 2 aliphatic heterocycles. The topological polar surface area (TPSA) is 86.7 Å². The number of carbonyl (C=O) groups is 1. The molecule has 0 saturated carbocycles. The zero-order valence-electron chi connectivity index (χ0n) is 14.1. The molecule has 0 aliphatic carbocycles. The van der Waals surface area contributed by atoms with Gasteiger partial charge in [-0.05, 0) is 24.3 Å². The standard InChI is InChI=1S/C16H20ClN5O3S/c17-13-1-2-15-12(9-13)3-5-20(15)6-4-18-16(23)21-7-8-22-14(11-21)10-19-26(22,24)25/h1-3,5,9,14,19H,4,6-8,10-11H2,(H,18,23). The molecular formula is C16H20ClN5O3S. The zero-order valence-corrected chi connectivity index (χ0v) is 15.6. The van der Waals surface area contributed by atoms with Crippen molar-refractivity contribution in [1.29, 1.82) is 0 Å². The van der Waals surface area contributed by atoms with Crippen LogP contribution in [0.15, 0.2) is 30.5 Å². The van der Waals surface area contributed by atoms with Crippen LogP contribution in [0.4, 0.5) is 4.79 Å². The lowest BCUT2D eigenvalue weighted by atomic mass is 10.2. The van der Waals surface area contributed by atoms with Crippen LogP contribution in [0.2, 0.25) is 5.02 Å². The van der Waals surface area contributed by atoms with Crippen molar-refractivity contribution in [2.75, 3.05) is 32.7 Å². The fourth-order valence-electron chi connectivity index (χ4n) is 3.55. The number of urea groups is 1. The molecule has 2 fully saturated rings. The van der Waals surface area contributed by atoms with Gasteiger partial charge in [0.2, 0.25) is 0 Å². The molecule has 2 N–H and O–H groups in total. The minimum Gasteiger partial charge on any atom is -0.346 e. The SMILES string of the molecule is O=C(NCCn1ccc2cc(Cl)ccc21)N1CCN2C(CNS2(=O)=O)C1. The van der Waals surface area contributed by atoms with Gasteiger partial charge in [0.1, 0.15) is 0 Å². The van der Waals surface area contributed by atoms with Gasteiger partial charge in [-0.3, -0.25) is 0 Å². The molecule has 2 aromatic rings. The Balaban J connectivity index is 1.32. The summed E-state index contributed by atoms with van der Waals surface area (Å²) in [6.07, 6.45) is 1.97. The Kier molecular flexibility index (Phi) is 4.55. The van der Waals surface area contributed by atoms with E-state index in [-0.39, 0.29) is 12.1 Å². The summed E-state index contributed by atoms with van der Waals surface area (Å²) >= 11 is 6.00. The molecule has 8 nitrogen and oxygen atoms in total. The lowest BCUT2D eigenvalue weighted by Crippen LogP contribution is -2.56. The maximum atomic E-state index is 12.4. The molecular weight excluding hydrogens is 378 g/mol. The van der Waals surface area contributed by atoms with E-state index in [1.54, 1.807) is 4.90 Å². The molecule has 4 rings (SSSR count). The molecule has 140 valence electrons. The molecule has 0 bridgehead atoms. The van der Waals surface area contributed by atoms with Crippen molar-refractivity contribution in [2.45, 2.75) is 12.6 Å². The Hall–Kier alpha value is -1.81. The molecule has 10 heteroatoms. The van der Waals surface area contributed by atoms with Gasteiger partial charge in [-0.15, -0.1) is 0 Å². The highest BCUT2D eigenvalue weighted by Crippen LogP contribution is 2.20. The molecule has 0 spiro atoms. The summed E-state index contributed by atoms with van der Waals surface area (Å²) in [5.41, 5.74) is 1.07. The smallest absolute Gasteiger partial charge is 0.317 e. The third-order valence-corrected chi connectivity index (χ3v) is 6.75. The minimum atomic E-state index is -3.35. The van der Waals surface area contributed by atoms with Gasteiger partial charge in [-0.25, -0.2) is 9.52 Å². The number of fused-ring (bicyclic) bond motifs is 2. The van der Waals surface area contributed by atoms with Crippen molar-refractivity contribution < 1.29 is 13.2 Å². The van der Waals surface area contributed by atoms with Gasteiger partial charge >= 0.3 is 6.03 Å². The van der Waals surface area contributed by atoms with E-state index in [0.29, 0.717) is 44.3 Å². The summed E-state index contributed by atoms with van der Waals surface area (Å²) in [4.78, 5) is 14.1. The van der Waals surface area contributed by atoms with Crippen LogP contribution in [-0.4, -0.2) is 67.0 Å². The molecule has 2 saturated heterocycles. The molecule has 1 unspecified atom stereocenters. The number of halogens is 1. The maximum absolute atomic E-state index is 12.4. The average Bonchev–Trinajstić information content (AvgIpc) is 3.15. The third-order valence-electron chi connectivity index (χ3n) is 4.89. The van der Waals surface area contributed by atoms with Crippen molar-refractivity contribution in [3.8, 4) is 0 Å². The Morgan fingerprint density at radius 3 is 3.00 bits per heavy atom. The normalized spacial score (nSPS) is 22.5. The Morgan fingerprint density at radius 2 is 2.15 bits per heavy atom. The second-order valence-corrected chi connectivity index (χ2v) is 8.65. The van der Waals surface area contributed by atoms with Crippen molar-refractivity contribution in [2.24, 2.45) is 0 Å². The fourth-order valence-corrected chi connectivity index (χ4v) is 5.16. The van der Waals surface area contributed by atoms with E-state index in [2.05, 4.69) is 14.6 Å². The Bertz CT molecular complexity index is 945. The van der Waals surface area contributed by atoms with E-state index in [4.69, 9.17) is 11.6 Å². The predicted molar refractivity (Wildman–Crippen MR) is 99.3 cm³/mol. The first-order valence-corrected chi connectivity index (χ1v) is 10.3. The van der Waals surface area contributed by atoms with Crippen molar-refractivity contribution >= 4 is 38.7 Å². The number of hydrogen-bond acceptors (Lipinski definition) is 3. The first kappa shape index (κ1) is 17.6. The molecule has 2 amide bonds. The molecule has 1 atom stereocenters. The predicted octanol–water partition coefficient (Wildman–Crippen LogP) is 0.839. The third kappa shape index (κ3) is 3.27. The summed E-state index contributed by atoms with van der Waals surface area (Å²) in [6, 6.07) is 7.38. The number of amides is 2. The van der Waals surface area contributed by atoms with E-state index < -0.39 is 10.2 Å². The van der Waals surface area contributed by atoms with Crippen LogP contribution in [0.5, 0.6) is 0 Å². The lowest BCUT2D eigenvalue weighted by Gasteiger charge is -2.35. The number of nitrogens with one attached hydrogen (secondary N) is 2. The monoisotopic (exact) mass is 397 g/mol. The quantitative estimate of drug-likeness (QED) is 0.804. The van der Waals surface area contributed by atoms with Gasteiger partial charge in [-0.1, -0.05) is 11.6 Å². The van der Waals surface area contributed by atoms with E-state index in [1.807, 2.05) is 30.5 Å². The first-order valence-electron chi connectivity index (χ1n) is 8.48. The maximum Gasteiger partial charge on any atom is 0.317 e.